The third-order valence-electron chi connectivity index (χ3n) is 5.35. The largest absolute Gasteiger partial charge is 0.467 e. The van der Waals surface area contributed by atoms with Crippen molar-refractivity contribution in [3.05, 3.63) is 82.6 Å². The van der Waals surface area contributed by atoms with E-state index in [0.29, 0.717) is 13.1 Å². The second-order valence-corrected chi connectivity index (χ2v) is 7.10. The predicted molar refractivity (Wildman–Crippen MR) is 101 cm³/mol. The maximum Gasteiger partial charge on any atom is 0.178 e. The lowest BCUT2D eigenvalue weighted by Crippen LogP contribution is -2.35. The van der Waals surface area contributed by atoms with Crippen molar-refractivity contribution in [3.63, 3.8) is 0 Å². The van der Waals surface area contributed by atoms with Crippen LogP contribution in [0.5, 0.6) is 0 Å². The molecule has 0 amide bonds. The maximum atomic E-state index is 12.9. The van der Waals surface area contributed by atoms with Gasteiger partial charge in [0.25, 0.3) is 0 Å². The minimum absolute atomic E-state index is 0.197. The van der Waals surface area contributed by atoms with Crippen molar-refractivity contribution < 1.29 is 9.21 Å². The molecule has 4 nitrogen and oxygen atoms in total. The van der Waals surface area contributed by atoms with Crippen molar-refractivity contribution in [2.45, 2.75) is 33.4 Å². The Morgan fingerprint density at radius 1 is 1.12 bits per heavy atom. The minimum Gasteiger partial charge on any atom is -0.467 e. The number of hydrogen-bond acceptors (Lipinski definition) is 3. The average Bonchev–Trinajstić information content (AvgIpc) is 3.25. The van der Waals surface area contributed by atoms with Gasteiger partial charge in [0.2, 0.25) is 0 Å². The van der Waals surface area contributed by atoms with Crippen LogP contribution in [0.1, 0.15) is 38.6 Å². The molecule has 0 N–H and O–H groups in total. The average molecular weight is 348 g/mol. The fourth-order valence-corrected chi connectivity index (χ4v) is 3.86. The van der Waals surface area contributed by atoms with Gasteiger partial charge in [0.05, 0.1) is 19.4 Å². The van der Waals surface area contributed by atoms with Crippen molar-refractivity contribution in [2.24, 2.45) is 0 Å². The molecule has 3 aromatic rings. The molecule has 0 atom stereocenters. The summed E-state index contributed by atoms with van der Waals surface area (Å²) in [5, 5.41) is 0. The number of Topliss-reactive ketones (excluding diaryl/α,β-unsaturated/α-hetero) is 1. The number of fused-ring (bicyclic) bond motifs is 1. The molecule has 1 aliphatic heterocycles. The van der Waals surface area contributed by atoms with Gasteiger partial charge in [0, 0.05) is 30.0 Å². The highest BCUT2D eigenvalue weighted by atomic mass is 16.3. The van der Waals surface area contributed by atoms with E-state index in [1.807, 2.05) is 32.0 Å². The molecule has 134 valence electrons. The topological polar surface area (TPSA) is 38.4 Å². The first-order chi connectivity index (χ1) is 12.6. The van der Waals surface area contributed by atoms with Crippen LogP contribution in [0, 0.1) is 13.8 Å². The lowest BCUT2D eigenvalue weighted by atomic mass is 9.99. The van der Waals surface area contributed by atoms with Crippen molar-refractivity contribution in [1.82, 2.24) is 9.47 Å². The minimum atomic E-state index is 0.197. The molecule has 0 spiro atoms. The molecule has 0 aliphatic carbocycles. The zero-order valence-corrected chi connectivity index (χ0v) is 15.4. The fourth-order valence-electron chi connectivity index (χ4n) is 3.86. The number of furan rings is 1. The van der Waals surface area contributed by atoms with Gasteiger partial charge in [0.1, 0.15) is 5.76 Å². The molecule has 4 rings (SSSR count). The van der Waals surface area contributed by atoms with E-state index < -0.39 is 0 Å². The molecule has 3 heterocycles. The number of carbonyl (C=O) groups is 1. The van der Waals surface area contributed by atoms with E-state index in [1.165, 1.54) is 11.1 Å². The molecule has 0 saturated heterocycles. The SMILES string of the molecule is Cc1cc(C(=O)CN2CCc3ccccc3C2)c(C)n1Cc1ccco1. The predicted octanol–water partition coefficient (Wildman–Crippen LogP) is 3.99. The zero-order valence-electron chi connectivity index (χ0n) is 15.4. The first kappa shape index (κ1) is 16.9. The summed E-state index contributed by atoms with van der Waals surface area (Å²) in [4.78, 5) is 15.2. The van der Waals surface area contributed by atoms with Gasteiger partial charge >= 0.3 is 0 Å². The summed E-state index contributed by atoms with van der Waals surface area (Å²) >= 11 is 0. The Balaban J connectivity index is 1.49. The third-order valence-corrected chi connectivity index (χ3v) is 5.35. The van der Waals surface area contributed by atoms with Crippen LogP contribution in [0.3, 0.4) is 0 Å². The Kier molecular flexibility index (Phi) is 4.51. The van der Waals surface area contributed by atoms with Gasteiger partial charge in [-0.25, -0.2) is 0 Å². The molecule has 1 aromatic carbocycles. The van der Waals surface area contributed by atoms with Crippen molar-refractivity contribution in [3.8, 4) is 0 Å². The third kappa shape index (κ3) is 3.25. The number of aryl methyl sites for hydroxylation is 1. The van der Waals surface area contributed by atoms with Crippen LogP contribution in [0.2, 0.25) is 0 Å². The van der Waals surface area contributed by atoms with Crippen molar-refractivity contribution in [2.75, 3.05) is 13.1 Å². The molecular weight excluding hydrogens is 324 g/mol. The molecule has 1 aliphatic rings. The maximum absolute atomic E-state index is 12.9. The van der Waals surface area contributed by atoms with E-state index in [2.05, 4.69) is 33.7 Å². The van der Waals surface area contributed by atoms with E-state index >= 15 is 0 Å². The molecule has 26 heavy (non-hydrogen) atoms. The molecule has 2 aromatic heterocycles. The summed E-state index contributed by atoms with van der Waals surface area (Å²) in [5.41, 5.74) is 5.68. The van der Waals surface area contributed by atoms with E-state index in [4.69, 9.17) is 4.42 Å². The van der Waals surface area contributed by atoms with Crippen LogP contribution in [0.4, 0.5) is 0 Å². The monoisotopic (exact) mass is 348 g/mol. The zero-order chi connectivity index (χ0) is 18.1. The van der Waals surface area contributed by atoms with E-state index in [9.17, 15) is 4.79 Å². The quantitative estimate of drug-likeness (QED) is 0.655. The van der Waals surface area contributed by atoms with Crippen molar-refractivity contribution in [1.29, 1.82) is 0 Å². The number of benzene rings is 1. The first-order valence-electron chi connectivity index (χ1n) is 9.13. The van der Waals surface area contributed by atoms with E-state index in [-0.39, 0.29) is 5.78 Å². The highest BCUT2D eigenvalue weighted by Gasteiger charge is 2.21. The fraction of sp³-hybridized carbons (Fsp3) is 0.318. The molecular formula is C22H24N2O2. The van der Waals surface area contributed by atoms with Crippen LogP contribution in [0.25, 0.3) is 0 Å². The summed E-state index contributed by atoms with van der Waals surface area (Å²) in [6.45, 7) is 6.99. The molecule has 0 fully saturated rings. The normalized spacial score (nSPS) is 14.4. The van der Waals surface area contributed by atoms with E-state index in [0.717, 1.165) is 42.2 Å². The summed E-state index contributed by atoms with van der Waals surface area (Å²) in [7, 11) is 0. The highest BCUT2D eigenvalue weighted by Crippen LogP contribution is 2.21. The Labute approximate surface area is 154 Å². The molecule has 0 bridgehead atoms. The number of carbonyl (C=O) groups excluding carboxylic acids is 1. The molecule has 0 radical (unpaired) electrons. The highest BCUT2D eigenvalue weighted by molar-refractivity contribution is 5.99. The Morgan fingerprint density at radius 2 is 1.92 bits per heavy atom. The lowest BCUT2D eigenvalue weighted by Gasteiger charge is -2.28. The molecule has 0 unspecified atom stereocenters. The second kappa shape index (κ2) is 6.96. The Morgan fingerprint density at radius 3 is 2.69 bits per heavy atom. The van der Waals surface area contributed by atoms with Gasteiger partial charge < -0.3 is 8.98 Å². The van der Waals surface area contributed by atoms with Gasteiger partial charge in [0.15, 0.2) is 5.78 Å². The second-order valence-electron chi connectivity index (χ2n) is 7.10. The van der Waals surface area contributed by atoms with Gasteiger partial charge in [-0.1, -0.05) is 24.3 Å². The number of hydrogen-bond donors (Lipinski definition) is 0. The van der Waals surface area contributed by atoms with Crippen molar-refractivity contribution >= 4 is 5.78 Å². The van der Waals surface area contributed by atoms with Gasteiger partial charge in [-0.05, 0) is 49.6 Å². The molecule has 0 saturated carbocycles. The number of ketones is 1. The Hall–Kier alpha value is -2.59. The Bertz CT molecular complexity index is 922. The summed E-state index contributed by atoms with van der Waals surface area (Å²) in [5.74, 6) is 1.10. The summed E-state index contributed by atoms with van der Waals surface area (Å²) < 4.78 is 7.61. The van der Waals surface area contributed by atoms with E-state index in [1.54, 1.807) is 6.26 Å². The van der Waals surface area contributed by atoms with Crippen LogP contribution in [-0.4, -0.2) is 28.3 Å². The summed E-state index contributed by atoms with van der Waals surface area (Å²) in [6, 6.07) is 14.4. The number of aromatic nitrogens is 1. The first-order valence-corrected chi connectivity index (χ1v) is 9.13. The van der Waals surface area contributed by atoms with Crippen LogP contribution < -0.4 is 0 Å². The summed E-state index contributed by atoms with van der Waals surface area (Å²) in [6.07, 6.45) is 2.70. The smallest absolute Gasteiger partial charge is 0.178 e. The van der Waals surface area contributed by atoms with Crippen LogP contribution in [0.15, 0.2) is 53.1 Å². The standard InChI is InChI=1S/C22H24N2O2/c1-16-12-21(17(2)24(16)14-20-8-5-11-26-20)22(25)15-23-10-9-18-6-3-4-7-19(18)13-23/h3-8,11-12H,9-10,13-15H2,1-2H3. The number of rotatable bonds is 5. The van der Waals surface area contributed by atoms with Gasteiger partial charge in [-0.15, -0.1) is 0 Å². The van der Waals surface area contributed by atoms with Crippen LogP contribution in [-0.2, 0) is 19.5 Å². The van der Waals surface area contributed by atoms with Gasteiger partial charge in [-0.3, -0.25) is 9.69 Å². The molecule has 4 heteroatoms. The van der Waals surface area contributed by atoms with Gasteiger partial charge in [-0.2, -0.15) is 0 Å². The van der Waals surface area contributed by atoms with Crippen LogP contribution >= 0.6 is 0 Å². The number of nitrogens with zero attached hydrogens (tertiary/aromatic N) is 2. The lowest BCUT2D eigenvalue weighted by molar-refractivity contribution is 0.0921.